The van der Waals surface area contributed by atoms with Crippen molar-refractivity contribution in [3.05, 3.63) is 63.9 Å². The van der Waals surface area contributed by atoms with Crippen molar-refractivity contribution in [2.24, 2.45) is 0 Å². The summed E-state index contributed by atoms with van der Waals surface area (Å²) in [6.07, 6.45) is -0.254. The fourth-order valence-corrected chi connectivity index (χ4v) is 2.98. The van der Waals surface area contributed by atoms with Crippen molar-refractivity contribution in [1.29, 1.82) is 5.26 Å². The van der Waals surface area contributed by atoms with Gasteiger partial charge in [-0.1, -0.05) is 29.8 Å². The van der Waals surface area contributed by atoms with Crippen molar-refractivity contribution in [3.63, 3.8) is 0 Å². The number of aryl methyl sites for hydroxylation is 1. The van der Waals surface area contributed by atoms with Crippen molar-refractivity contribution in [2.75, 3.05) is 19.7 Å². The van der Waals surface area contributed by atoms with Gasteiger partial charge < -0.3 is 9.64 Å². The van der Waals surface area contributed by atoms with E-state index in [1.165, 1.54) is 0 Å². The molecule has 0 radical (unpaired) electrons. The Morgan fingerprint density at radius 3 is 2.88 bits per heavy atom. The number of amides is 1. The molecule has 24 heavy (non-hydrogen) atoms. The number of carbonyl (C=O) groups excluding carboxylic acids is 1. The van der Waals surface area contributed by atoms with Gasteiger partial charge in [-0.3, -0.25) is 4.79 Å². The summed E-state index contributed by atoms with van der Waals surface area (Å²) in [5.41, 5.74) is 2.24. The maximum atomic E-state index is 12.7. The van der Waals surface area contributed by atoms with Crippen LogP contribution in [0.15, 0.2) is 36.4 Å². The SMILES string of the molecule is Cc1nc(C(=O)N2CCO[C@@H](c3ccccc3Cl)C2)ccc1C#N. The molecule has 1 aromatic heterocycles. The molecule has 0 unspecified atom stereocenters. The van der Waals surface area contributed by atoms with E-state index in [1.54, 1.807) is 24.0 Å². The van der Waals surface area contributed by atoms with Crippen LogP contribution in [0.2, 0.25) is 5.02 Å². The zero-order chi connectivity index (χ0) is 17.1. The Kier molecular flexibility index (Phi) is 4.79. The third-order valence-electron chi connectivity index (χ3n) is 4.03. The molecule has 0 N–H and O–H groups in total. The Bertz CT molecular complexity index is 816. The Balaban J connectivity index is 1.80. The van der Waals surface area contributed by atoms with Crippen LogP contribution in [0.1, 0.15) is 33.4 Å². The van der Waals surface area contributed by atoms with Gasteiger partial charge >= 0.3 is 0 Å². The molecule has 6 heteroatoms. The molecular formula is C18H16ClN3O2. The van der Waals surface area contributed by atoms with Gasteiger partial charge in [0.1, 0.15) is 17.9 Å². The number of pyridine rings is 1. The monoisotopic (exact) mass is 341 g/mol. The third-order valence-corrected chi connectivity index (χ3v) is 4.38. The van der Waals surface area contributed by atoms with Gasteiger partial charge in [-0.15, -0.1) is 0 Å². The van der Waals surface area contributed by atoms with Gasteiger partial charge in [0.25, 0.3) is 5.91 Å². The zero-order valence-electron chi connectivity index (χ0n) is 13.2. The highest BCUT2D eigenvalue weighted by molar-refractivity contribution is 6.31. The summed E-state index contributed by atoms with van der Waals surface area (Å²) in [6.45, 7) is 3.09. The Morgan fingerprint density at radius 1 is 1.38 bits per heavy atom. The number of aromatic nitrogens is 1. The van der Waals surface area contributed by atoms with Gasteiger partial charge in [0.05, 0.1) is 24.4 Å². The normalized spacial score (nSPS) is 17.4. The number of morpholine rings is 1. The maximum absolute atomic E-state index is 12.7. The Labute approximate surface area is 145 Å². The predicted octanol–water partition coefficient (Wildman–Crippen LogP) is 3.13. The molecule has 0 spiro atoms. The highest BCUT2D eigenvalue weighted by Crippen LogP contribution is 2.28. The molecule has 5 nitrogen and oxygen atoms in total. The predicted molar refractivity (Wildman–Crippen MR) is 89.7 cm³/mol. The first-order valence-corrected chi connectivity index (χ1v) is 8.01. The summed E-state index contributed by atoms with van der Waals surface area (Å²) in [4.78, 5) is 18.7. The average molecular weight is 342 g/mol. The first-order valence-electron chi connectivity index (χ1n) is 7.63. The smallest absolute Gasteiger partial charge is 0.272 e. The van der Waals surface area contributed by atoms with Crippen LogP contribution in [-0.2, 0) is 4.74 Å². The molecule has 2 heterocycles. The molecule has 0 saturated carbocycles. The minimum atomic E-state index is -0.254. The van der Waals surface area contributed by atoms with E-state index in [1.807, 2.05) is 24.3 Å². The van der Waals surface area contributed by atoms with Gasteiger partial charge in [0, 0.05) is 17.1 Å². The van der Waals surface area contributed by atoms with Crippen molar-refractivity contribution < 1.29 is 9.53 Å². The van der Waals surface area contributed by atoms with E-state index in [2.05, 4.69) is 11.1 Å². The topological polar surface area (TPSA) is 66.2 Å². The van der Waals surface area contributed by atoms with Crippen LogP contribution in [0.25, 0.3) is 0 Å². The number of halogens is 1. The van der Waals surface area contributed by atoms with Crippen LogP contribution >= 0.6 is 11.6 Å². The fourth-order valence-electron chi connectivity index (χ4n) is 2.72. The lowest BCUT2D eigenvalue weighted by Crippen LogP contribution is -2.42. The summed E-state index contributed by atoms with van der Waals surface area (Å²) >= 11 is 6.23. The molecule has 1 aliphatic rings. The van der Waals surface area contributed by atoms with E-state index in [9.17, 15) is 4.79 Å². The molecular weight excluding hydrogens is 326 g/mol. The molecule has 1 atom stereocenters. The summed E-state index contributed by atoms with van der Waals surface area (Å²) in [5, 5.41) is 9.60. The maximum Gasteiger partial charge on any atom is 0.272 e. The summed E-state index contributed by atoms with van der Waals surface area (Å²) in [7, 11) is 0. The standard InChI is InChI=1S/C18H16ClN3O2/c1-12-13(10-20)6-7-16(21-12)18(23)22-8-9-24-17(11-22)14-4-2-3-5-15(14)19/h2-7,17H,8-9,11H2,1H3/t17-/m1/s1. The number of rotatable bonds is 2. The average Bonchev–Trinajstić information content (AvgIpc) is 2.61. The molecule has 1 fully saturated rings. The quantitative estimate of drug-likeness (QED) is 0.841. The van der Waals surface area contributed by atoms with E-state index >= 15 is 0 Å². The minimum Gasteiger partial charge on any atom is -0.370 e. The van der Waals surface area contributed by atoms with Crippen molar-refractivity contribution in [2.45, 2.75) is 13.0 Å². The van der Waals surface area contributed by atoms with Gasteiger partial charge in [0.15, 0.2) is 0 Å². The minimum absolute atomic E-state index is 0.164. The number of nitriles is 1. The van der Waals surface area contributed by atoms with E-state index in [-0.39, 0.29) is 12.0 Å². The van der Waals surface area contributed by atoms with Crippen molar-refractivity contribution in [1.82, 2.24) is 9.88 Å². The molecule has 122 valence electrons. The van der Waals surface area contributed by atoms with E-state index in [4.69, 9.17) is 21.6 Å². The molecule has 1 amide bonds. The second-order valence-electron chi connectivity index (χ2n) is 5.57. The number of hydrogen-bond donors (Lipinski definition) is 0. The second-order valence-corrected chi connectivity index (χ2v) is 5.98. The summed E-state index contributed by atoms with van der Waals surface area (Å²) in [5.74, 6) is -0.164. The highest BCUT2D eigenvalue weighted by Gasteiger charge is 2.28. The fraction of sp³-hybridized carbons (Fsp3) is 0.278. The first kappa shape index (κ1) is 16.4. The molecule has 0 bridgehead atoms. The van der Waals surface area contributed by atoms with Crippen LogP contribution in [-0.4, -0.2) is 35.5 Å². The first-order chi connectivity index (χ1) is 11.6. The van der Waals surface area contributed by atoms with Crippen LogP contribution in [0.4, 0.5) is 0 Å². The van der Waals surface area contributed by atoms with Gasteiger partial charge in [0.2, 0.25) is 0 Å². The highest BCUT2D eigenvalue weighted by atomic mass is 35.5. The lowest BCUT2D eigenvalue weighted by molar-refractivity contribution is -0.0229. The van der Waals surface area contributed by atoms with E-state index in [0.29, 0.717) is 41.7 Å². The number of nitrogens with zero attached hydrogens (tertiary/aromatic N) is 3. The zero-order valence-corrected chi connectivity index (χ0v) is 14.0. The molecule has 1 aliphatic heterocycles. The molecule has 2 aromatic rings. The van der Waals surface area contributed by atoms with Crippen LogP contribution in [0.5, 0.6) is 0 Å². The molecule has 0 aliphatic carbocycles. The number of benzene rings is 1. The molecule has 3 rings (SSSR count). The Morgan fingerprint density at radius 2 is 2.17 bits per heavy atom. The molecule has 1 aromatic carbocycles. The second kappa shape index (κ2) is 7.00. The van der Waals surface area contributed by atoms with Crippen molar-refractivity contribution in [3.8, 4) is 6.07 Å². The number of carbonyl (C=O) groups is 1. The van der Waals surface area contributed by atoms with Gasteiger partial charge in [-0.25, -0.2) is 4.98 Å². The van der Waals surface area contributed by atoms with Gasteiger partial charge in [-0.05, 0) is 25.1 Å². The summed E-state index contributed by atoms with van der Waals surface area (Å²) in [6, 6.07) is 12.8. The lowest BCUT2D eigenvalue weighted by atomic mass is 10.1. The van der Waals surface area contributed by atoms with Gasteiger partial charge in [-0.2, -0.15) is 5.26 Å². The Hall–Kier alpha value is -2.42. The van der Waals surface area contributed by atoms with Crippen molar-refractivity contribution >= 4 is 17.5 Å². The number of ether oxygens (including phenoxy) is 1. The lowest BCUT2D eigenvalue weighted by Gasteiger charge is -2.33. The third kappa shape index (κ3) is 3.25. The van der Waals surface area contributed by atoms with E-state index < -0.39 is 0 Å². The summed E-state index contributed by atoms with van der Waals surface area (Å²) < 4.78 is 5.78. The number of hydrogen-bond acceptors (Lipinski definition) is 4. The molecule has 1 saturated heterocycles. The largest absolute Gasteiger partial charge is 0.370 e. The van der Waals surface area contributed by atoms with E-state index in [0.717, 1.165) is 5.56 Å². The van der Waals surface area contributed by atoms with Crippen LogP contribution in [0.3, 0.4) is 0 Å². The van der Waals surface area contributed by atoms with Crippen LogP contribution < -0.4 is 0 Å². The van der Waals surface area contributed by atoms with Crippen LogP contribution in [0, 0.1) is 18.3 Å².